The van der Waals surface area contributed by atoms with E-state index in [0.717, 1.165) is 12.8 Å². The van der Waals surface area contributed by atoms with Crippen molar-refractivity contribution in [1.82, 2.24) is 5.32 Å². The van der Waals surface area contributed by atoms with Crippen LogP contribution >= 0.6 is 12.2 Å². The van der Waals surface area contributed by atoms with E-state index in [2.05, 4.69) is 12.2 Å². The summed E-state index contributed by atoms with van der Waals surface area (Å²) in [4.78, 5) is 0. The molecule has 0 aliphatic carbocycles. The van der Waals surface area contributed by atoms with Crippen molar-refractivity contribution in [1.29, 1.82) is 0 Å². The maximum atomic E-state index is 11.2. The fourth-order valence-electron chi connectivity index (χ4n) is 1.88. The van der Waals surface area contributed by atoms with E-state index in [0.29, 0.717) is 12.3 Å². The number of hydrogen-bond acceptors (Lipinski definition) is 4. The van der Waals surface area contributed by atoms with Gasteiger partial charge >= 0.3 is 0 Å². The van der Waals surface area contributed by atoms with Crippen LogP contribution in [0.4, 0.5) is 0 Å². The highest BCUT2D eigenvalue weighted by Gasteiger charge is 2.20. The molecular weight excluding hydrogens is 282 g/mol. The second kappa shape index (κ2) is 8.53. The van der Waals surface area contributed by atoms with Gasteiger partial charge in [-0.3, -0.25) is 0 Å². The van der Waals surface area contributed by atoms with E-state index in [4.69, 9.17) is 17.0 Å². The van der Waals surface area contributed by atoms with Crippen molar-refractivity contribution in [3.63, 3.8) is 0 Å². The molecule has 0 aromatic rings. The maximum absolute atomic E-state index is 11.2. The van der Waals surface area contributed by atoms with Crippen molar-refractivity contribution in [2.24, 2.45) is 0 Å². The monoisotopic (exact) mass is 305 g/mol. The lowest BCUT2D eigenvalue weighted by molar-refractivity contribution is 0.289. The Morgan fingerprint density at radius 2 is 2.00 bits per heavy atom. The Labute approximate surface area is 121 Å². The topological polar surface area (TPSA) is 55.4 Å². The number of hydrogen-bond donors (Lipinski definition) is 1. The lowest BCUT2D eigenvalue weighted by Crippen LogP contribution is -2.25. The third-order valence-corrected chi connectivity index (χ3v) is 4.60. The van der Waals surface area contributed by atoms with Gasteiger partial charge in [0.1, 0.15) is 0 Å². The Balaban J connectivity index is 2.03. The highest BCUT2D eigenvalue weighted by atomic mass is 32.2. The minimum Gasteiger partial charge on any atom is -0.471 e. The molecule has 0 saturated heterocycles. The first-order chi connectivity index (χ1) is 9.03. The van der Waals surface area contributed by atoms with Crippen molar-refractivity contribution >= 4 is 27.2 Å². The van der Waals surface area contributed by atoms with E-state index in [9.17, 15) is 8.42 Å². The first-order valence-corrected chi connectivity index (χ1v) is 9.09. The molecule has 1 aliphatic rings. The van der Waals surface area contributed by atoms with Gasteiger partial charge in [0.2, 0.25) is 0 Å². The molecule has 0 amide bonds. The van der Waals surface area contributed by atoms with Crippen LogP contribution in [0.5, 0.6) is 0 Å². The summed E-state index contributed by atoms with van der Waals surface area (Å²) >= 11 is 5.02. The van der Waals surface area contributed by atoms with Crippen LogP contribution in [0.25, 0.3) is 0 Å². The van der Waals surface area contributed by atoms with Gasteiger partial charge in [-0.25, -0.2) is 8.42 Å². The van der Waals surface area contributed by atoms with Crippen LogP contribution in [-0.4, -0.2) is 31.7 Å². The summed E-state index contributed by atoms with van der Waals surface area (Å²) in [5.41, 5.74) is 0.632. The summed E-state index contributed by atoms with van der Waals surface area (Å²) in [6, 6.07) is 0. The zero-order chi connectivity index (χ0) is 14.1. The normalized spacial score (nSPS) is 17.0. The average molecular weight is 305 g/mol. The van der Waals surface area contributed by atoms with Crippen molar-refractivity contribution in [2.45, 2.75) is 45.4 Å². The molecule has 0 aromatic carbocycles. The van der Waals surface area contributed by atoms with E-state index in [-0.39, 0.29) is 16.7 Å². The minimum atomic E-state index is -2.95. The quantitative estimate of drug-likeness (QED) is 0.552. The van der Waals surface area contributed by atoms with Gasteiger partial charge < -0.3 is 10.1 Å². The summed E-state index contributed by atoms with van der Waals surface area (Å²) in [6.45, 7) is 2.79. The van der Waals surface area contributed by atoms with Gasteiger partial charge in [-0.2, -0.15) is 0 Å². The number of nitrogens with one attached hydrogen (secondary N) is 1. The Hall–Kier alpha value is -0.620. The SMILES string of the molecule is CCCCCCCCOC(=S)NC1=CCS(=O)(=O)C1. The first kappa shape index (κ1) is 16.4. The second-order valence-electron chi connectivity index (χ2n) is 4.81. The number of unbranched alkanes of at least 4 members (excludes halogenated alkanes) is 5. The number of thiocarbonyl (C=S) groups is 1. The third kappa shape index (κ3) is 7.52. The summed E-state index contributed by atoms with van der Waals surface area (Å²) < 4.78 is 27.8. The van der Waals surface area contributed by atoms with Crippen LogP contribution in [0.15, 0.2) is 11.8 Å². The van der Waals surface area contributed by atoms with Crippen molar-refractivity contribution in [2.75, 3.05) is 18.1 Å². The molecule has 1 aliphatic heterocycles. The van der Waals surface area contributed by atoms with Gasteiger partial charge in [0.25, 0.3) is 5.17 Å². The van der Waals surface area contributed by atoms with Crippen LogP contribution in [0.1, 0.15) is 45.4 Å². The standard InChI is InChI=1S/C13H23NO3S2/c1-2-3-4-5-6-7-9-17-13(18)14-12-8-10-19(15,16)11-12/h8H,2-7,9-11H2,1H3,(H,14,18). The Kier molecular flexibility index (Phi) is 7.38. The molecule has 110 valence electrons. The minimum absolute atomic E-state index is 0.0352. The van der Waals surface area contributed by atoms with Crippen molar-refractivity contribution in [3.8, 4) is 0 Å². The van der Waals surface area contributed by atoms with Gasteiger partial charge in [0.05, 0.1) is 18.1 Å². The smallest absolute Gasteiger partial charge is 0.260 e. The van der Waals surface area contributed by atoms with E-state index in [1.807, 2.05) is 0 Å². The zero-order valence-electron chi connectivity index (χ0n) is 11.5. The lowest BCUT2D eigenvalue weighted by Gasteiger charge is -2.09. The van der Waals surface area contributed by atoms with Crippen LogP contribution < -0.4 is 5.32 Å². The average Bonchev–Trinajstić information content (AvgIpc) is 2.67. The summed E-state index contributed by atoms with van der Waals surface area (Å²) in [6.07, 6.45) is 8.86. The molecule has 1 heterocycles. The fourth-order valence-corrected chi connectivity index (χ4v) is 3.34. The molecule has 4 nitrogen and oxygen atoms in total. The van der Waals surface area contributed by atoms with Crippen LogP contribution in [-0.2, 0) is 14.6 Å². The van der Waals surface area contributed by atoms with Crippen LogP contribution in [0.2, 0.25) is 0 Å². The molecule has 0 aromatic heterocycles. The summed E-state index contributed by atoms with van der Waals surface area (Å²) in [5.74, 6) is 0.128. The number of sulfone groups is 1. The van der Waals surface area contributed by atoms with Gasteiger partial charge in [-0.05, 0) is 24.7 Å². The fraction of sp³-hybridized carbons (Fsp3) is 0.769. The highest BCUT2D eigenvalue weighted by Crippen LogP contribution is 2.09. The molecular formula is C13H23NO3S2. The zero-order valence-corrected chi connectivity index (χ0v) is 13.1. The van der Waals surface area contributed by atoms with E-state index in [1.54, 1.807) is 6.08 Å². The molecule has 6 heteroatoms. The summed E-state index contributed by atoms with van der Waals surface area (Å²) in [7, 11) is -2.95. The molecule has 0 unspecified atom stereocenters. The summed E-state index contributed by atoms with van der Waals surface area (Å²) in [5, 5.41) is 3.11. The Morgan fingerprint density at radius 3 is 2.63 bits per heavy atom. The van der Waals surface area contributed by atoms with Gasteiger partial charge in [-0.15, -0.1) is 0 Å². The molecule has 1 N–H and O–H groups in total. The predicted molar refractivity (Wildman–Crippen MR) is 81.8 cm³/mol. The molecule has 0 atom stereocenters. The lowest BCUT2D eigenvalue weighted by atomic mass is 10.1. The second-order valence-corrected chi connectivity index (χ2v) is 7.29. The molecule has 0 saturated carbocycles. The Bertz CT molecular complexity index is 416. The third-order valence-electron chi connectivity index (χ3n) is 2.95. The van der Waals surface area contributed by atoms with E-state index >= 15 is 0 Å². The molecule has 19 heavy (non-hydrogen) atoms. The molecule has 0 radical (unpaired) electrons. The number of ether oxygens (including phenoxy) is 1. The van der Waals surface area contributed by atoms with E-state index < -0.39 is 9.84 Å². The Morgan fingerprint density at radius 1 is 1.32 bits per heavy atom. The predicted octanol–water partition coefficient (Wildman–Crippen LogP) is 2.55. The largest absolute Gasteiger partial charge is 0.471 e. The molecule has 0 bridgehead atoms. The van der Waals surface area contributed by atoms with Crippen LogP contribution in [0, 0.1) is 0 Å². The molecule has 0 fully saturated rings. The van der Waals surface area contributed by atoms with Crippen molar-refractivity contribution in [3.05, 3.63) is 11.8 Å². The van der Waals surface area contributed by atoms with Gasteiger partial charge in [0.15, 0.2) is 9.84 Å². The number of rotatable bonds is 8. The van der Waals surface area contributed by atoms with E-state index in [1.165, 1.54) is 25.7 Å². The van der Waals surface area contributed by atoms with Crippen molar-refractivity contribution < 1.29 is 13.2 Å². The van der Waals surface area contributed by atoms with Crippen LogP contribution in [0.3, 0.4) is 0 Å². The molecule has 1 rings (SSSR count). The maximum Gasteiger partial charge on any atom is 0.260 e. The van der Waals surface area contributed by atoms with Gasteiger partial charge in [-0.1, -0.05) is 39.0 Å². The highest BCUT2D eigenvalue weighted by molar-refractivity contribution is 7.92. The molecule has 0 spiro atoms. The first-order valence-electron chi connectivity index (χ1n) is 6.87. The van der Waals surface area contributed by atoms with Gasteiger partial charge in [0, 0.05) is 5.70 Å².